The van der Waals surface area contributed by atoms with Crippen LogP contribution in [0.4, 0.5) is 0 Å². The molecule has 3 nitrogen and oxygen atoms in total. The molecule has 5 heteroatoms. The van der Waals surface area contributed by atoms with E-state index < -0.39 is 9.84 Å². The number of rotatable bonds is 5. The summed E-state index contributed by atoms with van der Waals surface area (Å²) >= 11 is 1.71. The van der Waals surface area contributed by atoms with Gasteiger partial charge in [0.2, 0.25) is 9.84 Å². The Bertz CT molecular complexity index is 1350. The molecule has 0 radical (unpaired) electrons. The van der Waals surface area contributed by atoms with E-state index in [4.69, 9.17) is 0 Å². The van der Waals surface area contributed by atoms with Gasteiger partial charge >= 0.3 is 0 Å². The van der Waals surface area contributed by atoms with Crippen molar-refractivity contribution in [1.82, 2.24) is 4.90 Å². The highest BCUT2D eigenvalue weighted by Gasteiger charge is 2.32. The Kier molecular flexibility index (Phi) is 6.09. The Morgan fingerprint density at radius 1 is 0.939 bits per heavy atom. The third kappa shape index (κ3) is 4.61. The van der Waals surface area contributed by atoms with Crippen LogP contribution >= 0.6 is 11.3 Å². The van der Waals surface area contributed by atoms with Gasteiger partial charge in [0.15, 0.2) is 0 Å². The number of thiophene rings is 1. The average molecular weight is 474 g/mol. The monoisotopic (exact) mass is 473 g/mol. The molecule has 2 heterocycles. The average Bonchev–Trinajstić information content (AvgIpc) is 3.14. The first-order chi connectivity index (χ1) is 16.0. The van der Waals surface area contributed by atoms with Gasteiger partial charge in [0.25, 0.3) is 0 Å². The van der Waals surface area contributed by atoms with Crippen molar-refractivity contribution < 1.29 is 8.42 Å². The third-order valence-corrected chi connectivity index (χ3v) is 9.38. The van der Waals surface area contributed by atoms with Crippen LogP contribution in [0.2, 0.25) is 0 Å². The van der Waals surface area contributed by atoms with Crippen LogP contribution in [-0.2, 0) is 16.4 Å². The lowest BCUT2D eigenvalue weighted by atomic mass is 10.0. The van der Waals surface area contributed by atoms with Gasteiger partial charge in [-0.1, -0.05) is 66.2 Å². The predicted molar refractivity (Wildman–Crippen MR) is 137 cm³/mol. The van der Waals surface area contributed by atoms with Crippen LogP contribution < -0.4 is 0 Å². The van der Waals surface area contributed by atoms with Gasteiger partial charge in [-0.2, -0.15) is 0 Å². The molecule has 0 amide bonds. The first kappa shape index (κ1) is 21.9. The summed E-state index contributed by atoms with van der Waals surface area (Å²) in [5, 5.41) is 1.18. The van der Waals surface area contributed by atoms with Crippen LogP contribution in [0.25, 0.3) is 10.1 Å². The highest BCUT2D eigenvalue weighted by atomic mass is 32.2. The van der Waals surface area contributed by atoms with E-state index in [0.717, 1.165) is 29.8 Å². The molecule has 0 fully saturated rings. The highest BCUT2D eigenvalue weighted by molar-refractivity contribution is 7.95. The molecule has 4 aromatic rings. The van der Waals surface area contributed by atoms with Gasteiger partial charge in [0.1, 0.15) is 0 Å². The summed E-state index contributed by atoms with van der Waals surface area (Å²) in [6, 6.07) is 27.9. The predicted octanol–water partition coefficient (Wildman–Crippen LogP) is 6.90. The third-order valence-electron chi connectivity index (χ3n) is 6.25. The molecule has 5 rings (SSSR count). The lowest BCUT2D eigenvalue weighted by Gasteiger charge is -2.21. The molecule has 1 atom stereocenters. The second-order valence-corrected chi connectivity index (χ2v) is 11.8. The number of nitrogens with zero attached hydrogens (tertiary/aromatic N) is 1. The molecular formula is C28H27NO2S2. The van der Waals surface area contributed by atoms with Crippen molar-refractivity contribution in [2.75, 3.05) is 6.54 Å². The van der Waals surface area contributed by atoms with Crippen molar-refractivity contribution in [3.8, 4) is 0 Å². The van der Waals surface area contributed by atoms with E-state index in [1.165, 1.54) is 15.6 Å². The van der Waals surface area contributed by atoms with Crippen LogP contribution in [0.5, 0.6) is 0 Å². The maximum atomic E-state index is 14.0. The van der Waals surface area contributed by atoms with E-state index in [2.05, 4.69) is 35.2 Å². The Hall–Kier alpha value is -2.89. The molecule has 0 saturated heterocycles. The van der Waals surface area contributed by atoms with E-state index in [1.807, 2.05) is 55.6 Å². The number of sulfone groups is 1. The van der Waals surface area contributed by atoms with E-state index >= 15 is 0 Å². The molecule has 3 aromatic carbocycles. The largest absolute Gasteiger partial charge is 0.372 e. The zero-order valence-corrected chi connectivity index (χ0v) is 20.3. The second kappa shape index (κ2) is 9.16. The number of hydrogen-bond acceptors (Lipinski definition) is 4. The first-order valence-corrected chi connectivity index (χ1v) is 13.6. The van der Waals surface area contributed by atoms with Crippen molar-refractivity contribution in [2.45, 2.75) is 37.1 Å². The summed E-state index contributed by atoms with van der Waals surface area (Å²) in [6.07, 6.45) is 3.68. The smallest absolute Gasteiger partial charge is 0.204 e. The minimum absolute atomic E-state index is 0.144. The number of fused-ring (bicyclic) bond motifs is 1. The quantitative estimate of drug-likeness (QED) is 0.316. The van der Waals surface area contributed by atoms with Gasteiger partial charge in [-0.3, -0.25) is 0 Å². The molecule has 33 heavy (non-hydrogen) atoms. The molecule has 0 bridgehead atoms. The maximum Gasteiger partial charge on any atom is 0.204 e. The summed E-state index contributed by atoms with van der Waals surface area (Å²) < 4.78 is 29.1. The zero-order chi connectivity index (χ0) is 22.8. The van der Waals surface area contributed by atoms with Crippen LogP contribution in [0.3, 0.4) is 0 Å². The van der Waals surface area contributed by atoms with Crippen LogP contribution in [0.15, 0.2) is 101 Å². The van der Waals surface area contributed by atoms with E-state index in [1.54, 1.807) is 23.5 Å². The van der Waals surface area contributed by atoms with Crippen LogP contribution in [0, 0.1) is 6.92 Å². The van der Waals surface area contributed by atoms with Crippen molar-refractivity contribution in [1.29, 1.82) is 0 Å². The Balaban J connectivity index is 1.60. The SMILES string of the molecule is Cc1ccc(S(=O)(=O)C2=CN(Cc3ccccc3)CCCC2c2cc3ccccc3s2)cc1. The first-order valence-electron chi connectivity index (χ1n) is 11.3. The topological polar surface area (TPSA) is 37.4 Å². The molecule has 0 spiro atoms. The molecule has 168 valence electrons. The van der Waals surface area contributed by atoms with Gasteiger partial charge < -0.3 is 4.90 Å². The second-order valence-electron chi connectivity index (χ2n) is 8.69. The zero-order valence-electron chi connectivity index (χ0n) is 18.6. The summed E-state index contributed by atoms with van der Waals surface area (Å²) in [5.74, 6) is -0.144. The molecule has 0 N–H and O–H groups in total. The van der Waals surface area contributed by atoms with Crippen molar-refractivity contribution >= 4 is 31.3 Å². The fourth-order valence-electron chi connectivity index (χ4n) is 4.48. The number of allylic oxidation sites excluding steroid dienone is 1. The summed E-state index contributed by atoms with van der Waals surface area (Å²) in [7, 11) is -3.64. The lowest BCUT2D eigenvalue weighted by molar-refractivity contribution is 0.366. The highest BCUT2D eigenvalue weighted by Crippen LogP contribution is 2.42. The standard InChI is InChI=1S/C28H27NO2S2/c1-21-13-15-24(16-14-21)33(30,31)28-20-29(19-22-8-3-2-4-9-22)17-7-11-25(28)27-18-23-10-5-6-12-26(23)32-27/h2-6,8-10,12-16,18,20,25H,7,11,17,19H2,1H3. The number of hydrogen-bond donors (Lipinski definition) is 0. The molecule has 1 aliphatic heterocycles. The summed E-state index contributed by atoms with van der Waals surface area (Å²) in [5.41, 5.74) is 2.23. The van der Waals surface area contributed by atoms with Gasteiger partial charge in [-0.15, -0.1) is 11.3 Å². The number of aryl methyl sites for hydroxylation is 1. The maximum absolute atomic E-state index is 14.0. The van der Waals surface area contributed by atoms with Crippen molar-refractivity contribution in [3.05, 3.63) is 112 Å². The minimum Gasteiger partial charge on any atom is -0.372 e. The van der Waals surface area contributed by atoms with Crippen molar-refractivity contribution in [3.63, 3.8) is 0 Å². The van der Waals surface area contributed by atoms with Crippen LogP contribution in [-0.4, -0.2) is 19.9 Å². The molecule has 1 unspecified atom stereocenters. The normalized spacial score (nSPS) is 17.1. The minimum atomic E-state index is -3.64. The Labute approximate surface area is 199 Å². The van der Waals surface area contributed by atoms with Gasteiger partial charge in [0.05, 0.1) is 9.80 Å². The molecular weight excluding hydrogens is 446 g/mol. The fraction of sp³-hybridized carbons (Fsp3) is 0.214. The molecule has 1 aromatic heterocycles. The van der Waals surface area contributed by atoms with E-state index in [9.17, 15) is 8.42 Å². The van der Waals surface area contributed by atoms with Crippen LogP contribution in [0.1, 0.15) is 34.8 Å². The van der Waals surface area contributed by atoms with Gasteiger partial charge in [-0.25, -0.2) is 8.42 Å². The lowest BCUT2D eigenvalue weighted by Crippen LogP contribution is -2.19. The Morgan fingerprint density at radius 2 is 1.67 bits per heavy atom. The van der Waals surface area contributed by atoms with Gasteiger partial charge in [-0.05, 0) is 55.0 Å². The number of benzene rings is 3. The van der Waals surface area contributed by atoms with Crippen molar-refractivity contribution in [2.24, 2.45) is 0 Å². The summed E-state index contributed by atoms with van der Waals surface area (Å²) in [6.45, 7) is 3.51. The molecule has 1 aliphatic rings. The molecule has 0 aliphatic carbocycles. The summed E-state index contributed by atoms with van der Waals surface area (Å²) in [4.78, 5) is 4.17. The van der Waals surface area contributed by atoms with E-state index in [-0.39, 0.29) is 5.92 Å². The van der Waals surface area contributed by atoms with Gasteiger partial charge in [0, 0.05) is 34.8 Å². The van der Waals surface area contributed by atoms with E-state index in [0.29, 0.717) is 16.3 Å². The molecule has 0 saturated carbocycles. The fourth-order valence-corrected chi connectivity index (χ4v) is 7.45. The Morgan fingerprint density at radius 3 is 2.42 bits per heavy atom.